The summed E-state index contributed by atoms with van der Waals surface area (Å²) in [5, 5.41) is 12.8. The number of carbonyl (C=O) groups is 1. The van der Waals surface area contributed by atoms with Crippen molar-refractivity contribution in [1.29, 1.82) is 0 Å². The summed E-state index contributed by atoms with van der Waals surface area (Å²) >= 11 is 7.58. The maximum Gasteiger partial charge on any atom is 0.238 e. The zero-order valence-corrected chi connectivity index (χ0v) is 24.6. The molecule has 0 saturated carbocycles. The summed E-state index contributed by atoms with van der Waals surface area (Å²) in [6, 6.07) is 14.9. The molecule has 41 heavy (non-hydrogen) atoms. The number of carbonyl (C=O) groups excluding carboxylic acids is 1. The summed E-state index contributed by atoms with van der Waals surface area (Å²) in [6.45, 7) is 1.96. The lowest BCUT2D eigenvalue weighted by molar-refractivity contribution is -0.114. The molecule has 0 radical (unpaired) electrons. The minimum Gasteiger partial charge on any atom is -0.352 e. The minimum atomic E-state index is -1.25. The molecule has 3 atom stereocenters. The Labute approximate surface area is 249 Å². The van der Waals surface area contributed by atoms with Crippen LogP contribution in [0, 0.1) is 0 Å². The second-order valence-corrected chi connectivity index (χ2v) is 12.8. The number of halogens is 1. The third-order valence-corrected chi connectivity index (χ3v) is 9.73. The first-order valence-corrected chi connectivity index (χ1v) is 15.9. The predicted molar refractivity (Wildman–Crippen MR) is 165 cm³/mol. The fourth-order valence-corrected chi connectivity index (χ4v) is 7.44. The van der Waals surface area contributed by atoms with Gasteiger partial charge in [0, 0.05) is 47.8 Å². The Hall–Kier alpha value is -3.29. The molecule has 3 unspecified atom stereocenters. The highest BCUT2D eigenvalue weighted by molar-refractivity contribution is 7.82. The van der Waals surface area contributed by atoms with Crippen molar-refractivity contribution < 1.29 is 9.00 Å². The Morgan fingerprint density at radius 3 is 2.85 bits per heavy atom. The zero-order valence-electron chi connectivity index (χ0n) is 22.3. The Bertz CT molecular complexity index is 1600. The quantitative estimate of drug-likeness (QED) is 0.252. The summed E-state index contributed by atoms with van der Waals surface area (Å²) in [5.41, 5.74) is 8.91. The van der Waals surface area contributed by atoms with Crippen LogP contribution in [0.3, 0.4) is 0 Å². The SMILES string of the molecule is NCC(=O)Nc1ccccc1-c1nc2sccn2c1C1CCN=C(NC2CCCN(S(=O)c3ccc(Cl)cc3)C2)N1. The second-order valence-electron chi connectivity index (χ2n) is 9.99. The van der Waals surface area contributed by atoms with Crippen molar-refractivity contribution in [1.82, 2.24) is 24.3 Å². The van der Waals surface area contributed by atoms with Crippen LogP contribution < -0.4 is 21.7 Å². The van der Waals surface area contributed by atoms with Crippen LogP contribution in [0.2, 0.25) is 5.02 Å². The lowest BCUT2D eigenvalue weighted by atomic mass is 10.0. The average Bonchev–Trinajstić information content (AvgIpc) is 3.59. The molecule has 10 nitrogen and oxygen atoms in total. The Morgan fingerprint density at radius 2 is 2.02 bits per heavy atom. The van der Waals surface area contributed by atoms with Crippen molar-refractivity contribution in [2.75, 3.05) is 31.5 Å². The average molecular weight is 611 g/mol. The van der Waals surface area contributed by atoms with Crippen LogP contribution >= 0.6 is 22.9 Å². The number of guanidine groups is 1. The smallest absolute Gasteiger partial charge is 0.238 e. The van der Waals surface area contributed by atoms with Gasteiger partial charge in [0.25, 0.3) is 0 Å². The second kappa shape index (κ2) is 12.3. The highest BCUT2D eigenvalue weighted by Crippen LogP contribution is 2.36. The first-order chi connectivity index (χ1) is 20.0. The van der Waals surface area contributed by atoms with Crippen LogP contribution in [-0.4, -0.2) is 62.0 Å². The number of amides is 1. The molecule has 5 N–H and O–H groups in total. The van der Waals surface area contributed by atoms with Gasteiger partial charge in [-0.25, -0.2) is 13.5 Å². The first kappa shape index (κ1) is 27.9. The van der Waals surface area contributed by atoms with Gasteiger partial charge in [0.15, 0.2) is 10.9 Å². The summed E-state index contributed by atoms with van der Waals surface area (Å²) in [7, 11) is -1.25. The number of nitrogens with two attached hydrogens (primary N) is 1. The third-order valence-electron chi connectivity index (χ3n) is 7.24. The summed E-state index contributed by atoms with van der Waals surface area (Å²) in [6.07, 6.45) is 4.71. The number of nitrogens with one attached hydrogen (secondary N) is 3. The van der Waals surface area contributed by atoms with Crippen LogP contribution in [0.15, 0.2) is 70.0 Å². The molecule has 2 aliphatic heterocycles. The van der Waals surface area contributed by atoms with Crippen molar-refractivity contribution >= 4 is 56.4 Å². The van der Waals surface area contributed by atoms with E-state index in [-0.39, 0.29) is 24.5 Å². The molecule has 0 spiro atoms. The molecule has 0 bridgehead atoms. The Balaban J connectivity index is 1.21. The van der Waals surface area contributed by atoms with E-state index >= 15 is 0 Å². The van der Waals surface area contributed by atoms with Crippen molar-refractivity contribution in [3.8, 4) is 11.3 Å². The van der Waals surface area contributed by atoms with E-state index in [4.69, 9.17) is 27.3 Å². The van der Waals surface area contributed by atoms with Gasteiger partial charge in [-0.05, 0) is 49.6 Å². The molecule has 13 heteroatoms. The van der Waals surface area contributed by atoms with E-state index in [1.807, 2.05) is 52.3 Å². The normalized spacial score (nSPS) is 20.3. The van der Waals surface area contributed by atoms with E-state index in [1.165, 1.54) is 0 Å². The summed E-state index contributed by atoms with van der Waals surface area (Å²) in [5.74, 6) is 0.471. The zero-order chi connectivity index (χ0) is 28.3. The topological polar surface area (TPSA) is 129 Å². The van der Waals surface area contributed by atoms with Gasteiger partial charge in [-0.2, -0.15) is 0 Å². The number of aliphatic imine (C=N–C) groups is 1. The molecule has 1 fully saturated rings. The molecule has 4 aromatic rings. The molecular formula is C28H31ClN8O2S2. The van der Waals surface area contributed by atoms with Gasteiger partial charge in [0.2, 0.25) is 5.91 Å². The lowest BCUT2D eigenvalue weighted by Gasteiger charge is -2.34. The van der Waals surface area contributed by atoms with Gasteiger partial charge in [-0.15, -0.1) is 11.3 Å². The van der Waals surface area contributed by atoms with Gasteiger partial charge in [0.1, 0.15) is 11.0 Å². The molecule has 2 aromatic heterocycles. The number of aromatic nitrogens is 2. The number of hydrogen-bond acceptors (Lipinski definition) is 8. The van der Waals surface area contributed by atoms with Crippen molar-refractivity contribution in [3.05, 3.63) is 70.8 Å². The van der Waals surface area contributed by atoms with Crippen molar-refractivity contribution in [2.24, 2.45) is 10.7 Å². The first-order valence-electron chi connectivity index (χ1n) is 13.5. The number of piperidine rings is 1. The number of para-hydroxylation sites is 1. The predicted octanol–water partition coefficient (Wildman–Crippen LogP) is 3.78. The van der Waals surface area contributed by atoms with Crippen molar-refractivity contribution in [3.63, 3.8) is 0 Å². The monoisotopic (exact) mass is 610 g/mol. The van der Waals surface area contributed by atoms with Crippen molar-refractivity contribution in [2.45, 2.75) is 36.2 Å². The van der Waals surface area contributed by atoms with Gasteiger partial charge in [-0.1, -0.05) is 29.8 Å². The fraction of sp³-hybridized carbons (Fsp3) is 0.321. The van der Waals surface area contributed by atoms with Crippen LogP contribution in [0.5, 0.6) is 0 Å². The number of anilines is 1. The molecule has 214 valence electrons. The fourth-order valence-electron chi connectivity index (χ4n) is 5.32. The van der Waals surface area contributed by atoms with E-state index < -0.39 is 11.0 Å². The molecule has 1 amide bonds. The third kappa shape index (κ3) is 6.02. The minimum absolute atomic E-state index is 0.0595. The molecule has 0 aliphatic carbocycles. The van der Waals surface area contributed by atoms with Gasteiger partial charge >= 0.3 is 0 Å². The van der Waals surface area contributed by atoms with Gasteiger partial charge < -0.3 is 21.7 Å². The Morgan fingerprint density at radius 1 is 1.20 bits per heavy atom. The number of thiazole rings is 1. The van der Waals surface area contributed by atoms with Crippen LogP contribution in [0.4, 0.5) is 5.69 Å². The van der Waals surface area contributed by atoms with Gasteiger partial charge in [-0.3, -0.25) is 14.2 Å². The number of hydrogen-bond donors (Lipinski definition) is 4. The number of fused-ring (bicyclic) bond motifs is 1. The number of rotatable bonds is 7. The molecular weight excluding hydrogens is 580 g/mol. The van der Waals surface area contributed by atoms with Crippen LogP contribution in [-0.2, 0) is 15.8 Å². The number of benzene rings is 2. The summed E-state index contributed by atoms with van der Waals surface area (Å²) < 4.78 is 17.3. The van der Waals surface area contributed by atoms with Gasteiger partial charge in [0.05, 0.1) is 34.6 Å². The van der Waals surface area contributed by atoms with E-state index in [0.29, 0.717) is 23.8 Å². The van der Waals surface area contributed by atoms with E-state index in [2.05, 4.69) is 20.4 Å². The molecule has 2 aromatic carbocycles. The maximum absolute atomic E-state index is 13.2. The summed E-state index contributed by atoms with van der Waals surface area (Å²) in [4.78, 5) is 23.5. The number of imidazole rings is 1. The highest BCUT2D eigenvalue weighted by Gasteiger charge is 2.30. The van der Waals surface area contributed by atoms with E-state index in [0.717, 1.165) is 58.6 Å². The van der Waals surface area contributed by atoms with Crippen LogP contribution in [0.1, 0.15) is 31.0 Å². The largest absolute Gasteiger partial charge is 0.352 e. The van der Waals surface area contributed by atoms with E-state index in [1.54, 1.807) is 23.5 Å². The van der Waals surface area contributed by atoms with E-state index in [9.17, 15) is 9.00 Å². The molecule has 2 aliphatic rings. The molecule has 6 rings (SSSR count). The molecule has 1 saturated heterocycles. The van der Waals surface area contributed by atoms with Crippen LogP contribution in [0.25, 0.3) is 16.2 Å². The number of nitrogens with zero attached hydrogens (tertiary/aromatic N) is 4. The Kier molecular flexibility index (Phi) is 8.35. The standard InChI is InChI=1S/C28H31ClN8O2S2/c29-18-7-9-20(10-8-18)41(39)36-13-3-4-19(17-36)32-27-31-12-11-23(34-27)26-25(35-28-37(26)14-15-40-28)21-5-1-2-6-22(21)33-24(38)16-30/h1-2,5-10,14-15,19,23H,3-4,11-13,16-17,30H2,(H,33,38)(H2,31,32,34). The lowest BCUT2D eigenvalue weighted by Crippen LogP contribution is -2.53. The molecule has 4 heterocycles. The highest BCUT2D eigenvalue weighted by atomic mass is 35.5. The maximum atomic E-state index is 13.2.